The third-order valence-corrected chi connectivity index (χ3v) is 3.31. The van der Waals surface area contributed by atoms with Crippen LogP contribution in [0.2, 0.25) is 0 Å². The molecule has 0 radical (unpaired) electrons. The van der Waals surface area contributed by atoms with Crippen molar-refractivity contribution in [2.24, 2.45) is 0 Å². The van der Waals surface area contributed by atoms with Crippen LogP contribution in [-0.4, -0.2) is 25.2 Å². The zero-order valence-corrected chi connectivity index (χ0v) is 10.4. The largest absolute Gasteiger partial charge is 0.379 e. The van der Waals surface area contributed by atoms with Gasteiger partial charge in [0.2, 0.25) is 0 Å². The van der Waals surface area contributed by atoms with Gasteiger partial charge in [0.25, 0.3) is 5.91 Å². The van der Waals surface area contributed by atoms with Gasteiger partial charge in [0, 0.05) is 19.2 Å². The molecule has 1 aromatic rings. The van der Waals surface area contributed by atoms with Crippen molar-refractivity contribution in [1.82, 2.24) is 5.32 Å². The number of hydrogen-bond donors (Lipinski definition) is 1. The minimum absolute atomic E-state index is 0.157. The van der Waals surface area contributed by atoms with E-state index in [1.165, 1.54) is 7.11 Å². The van der Waals surface area contributed by atoms with Gasteiger partial charge >= 0.3 is 0 Å². The predicted molar refractivity (Wildman–Crippen MR) is 62.2 cm³/mol. The molecule has 2 atom stereocenters. The second-order valence-corrected chi connectivity index (χ2v) is 4.53. The fourth-order valence-electron chi connectivity index (χ4n) is 2.37. The minimum atomic E-state index is -1.21. The van der Waals surface area contributed by atoms with Gasteiger partial charge in [0.1, 0.15) is 23.0 Å². The lowest BCUT2D eigenvalue weighted by atomic mass is 10.1. The van der Waals surface area contributed by atoms with E-state index in [4.69, 9.17) is 4.74 Å². The molecule has 19 heavy (non-hydrogen) atoms. The fourth-order valence-corrected chi connectivity index (χ4v) is 2.37. The predicted octanol–water partition coefficient (Wildman–Crippen LogP) is 2.40. The van der Waals surface area contributed by atoms with Gasteiger partial charge < -0.3 is 10.1 Å². The van der Waals surface area contributed by atoms with Gasteiger partial charge in [-0.2, -0.15) is 0 Å². The van der Waals surface area contributed by atoms with E-state index < -0.39 is 28.9 Å². The average Bonchev–Trinajstić information content (AvgIpc) is 2.74. The molecule has 0 saturated heterocycles. The number of ether oxygens (including phenoxy) is 1. The molecule has 1 aliphatic rings. The van der Waals surface area contributed by atoms with Crippen molar-refractivity contribution in [3.63, 3.8) is 0 Å². The summed E-state index contributed by atoms with van der Waals surface area (Å²) >= 11 is 0. The van der Waals surface area contributed by atoms with Crippen LogP contribution in [0.5, 0.6) is 0 Å². The molecule has 2 rings (SSSR count). The van der Waals surface area contributed by atoms with Gasteiger partial charge in [0.05, 0.1) is 12.1 Å². The van der Waals surface area contributed by atoms with Crippen LogP contribution in [0.15, 0.2) is 12.1 Å². The van der Waals surface area contributed by atoms with Crippen molar-refractivity contribution >= 4 is 5.91 Å². The Hall–Kier alpha value is -1.56. The summed E-state index contributed by atoms with van der Waals surface area (Å²) < 4.78 is 44.8. The van der Waals surface area contributed by atoms with E-state index in [0.717, 1.165) is 12.8 Å². The summed E-state index contributed by atoms with van der Waals surface area (Å²) in [6.07, 6.45) is 2.19. The summed E-state index contributed by atoms with van der Waals surface area (Å²) in [6.45, 7) is 0. The van der Waals surface area contributed by atoms with Crippen molar-refractivity contribution in [1.29, 1.82) is 0 Å². The van der Waals surface area contributed by atoms with Crippen molar-refractivity contribution in [2.75, 3.05) is 7.11 Å². The van der Waals surface area contributed by atoms with Crippen LogP contribution in [0, 0.1) is 17.5 Å². The molecular weight excluding hydrogens is 259 g/mol. The number of carbonyl (C=O) groups excluding carboxylic acids is 1. The summed E-state index contributed by atoms with van der Waals surface area (Å²) in [5, 5.41) is 2.53. The van der Waals surface area contributed by atoms with E-state index in [2.05, 4.69) is 5.32 Å². The maximum atomic E-state index is 13.4. The standard InChI is InChI=1S/C13H14F3NO2/c1-19-11-4-2-3-10(11)17-13(18)12-8(15)5-7(14)6-9(12)16/h5-6,10-11H,2-4H2,1H3,(H,17,18)/t10-,11-/m1/s1. The smallest absolute Gasteiger partial charge is 0.257 e. The zero-order valence-electron chi connectivity index (χ0n) is 10.4. The molecule has 0 spiro atoms. The number of carbonyl (C=O) groups is 1. The SMILES string of the molecule is CO[C@@H]1CCC[C@H]1NC(=O)c1c(F)cc(F)cc1F. The normalized spacial score (nSPS) is 22.5. The number of benzene rings is 1. The summed E-state index contributed by atoms with van der Waals surface area (Å²) in [4.78, 5) is 11.8. The second kappa shape index (κ2) is 5.61. The summed E-state index contributed by atoms with van der Waals surface area (Å²) in [7, 11) is 1.52. The molecule has 0 bridgehead atoms. The van der Waals surface area contributed by atoms with Crippen LogP contribution in [-0.2, 0) is 4.74 Å². The van der Waals surface area contributed by atoms with Gasteiger partial charge in [0.15, 0.2) is 0 Å². The Bertz CT molecular complexity index is 470. The number of hydrogen-bond acceptors (Lipinski definition) is 2. The zero-order chi connectivity index (χ0) is 14.0. The van der Waals surface area contributed by atoms with Crippen molar-refractivity contribution in [2.45, 2.75) is 31.4 Å². The van der Waals surface area contributed by atoms with E-state index in [0.29, 0.717) is 18.6 Å². The second-order valence-electron chi connectivity index (χ2n) is 4.53. The first-order valence-corrected chi connectivity index (χ1v) is 6.01. The van der Waals surface area contributed by atoms with Crippen LogP contribution in [0.25, 0.3) is 0 Å². The van der Waals surface area contributed by atoms with Crippen LogP contribution in [0.3, 0.4) is 0 Å². The molecule has 1 N–H and O–H groups in total. The van der Waals surface area contributed by atoms with E-state index in [-0.39, 0.29) is 12.1 Å². The number of halogens is 3. The third kappa shape index (κ3) is 2.89. The van der Waals surface area contributed by atoms with Gasteiger partial charge in [-0.3, -0.25) is 4.79 Å². The average molecular weight is 273 g/mol. The van der Waals surface area contributed by atoms with E-state index in [9.17, 15) is 18.0 Å². The lowest BCUT2D eigenvalue weighted by molar-refractivity contribution is 0.0717. The quantitative estimate of drug-likeness (QED) is 0.918. The third-order valence-electron chi connectivity index (χ3n) is 3.31. The molecule has 1 aromatic carbocycles. The Morgan fingerprint density at radius 1 is 1.26 bits per heavy atom. The highest BCUT2D eigenvalue weighted by molar-refractivity contribution is 5.95. The van der Waals surface area contributed by atoms with Crippen LogP contribution >= 0.6 is 0 Å². The molecule has 1 saturated carbocycles. The highest BCUT2D eigenvalue weighted by Gasteiger charge is 2.30. The molecule has 6 heteroatoms. The van der Waals surface area contributed by atoms with E-state index in [1.807, 2.05) is 0 Å². The first-order valence-electron chi connectivity index (χ1n) is 6.01. The topological polar surface area (TPSA) is 38.3 Å². The molecule has 0 heterocycles. The van der Waals surface area contributed by atoms with Crippen molar-refractivity contribution in [3.8, 4) is 0 Å². The summed E-state index contributed by atoms with van der Waals surface area (Å²) in [5.74, 6) is -4.35. The maximum Gasteiger partial charge on any atom is 0.257 e. The molecule has 0 aliphatic heterocycles. The molecule has 0 unspecified atom stereocenters. The Labute approximate surface area is 108 Å². The number of rotatable bonds is 3. The first-order chi connectivity index (χ1) is 9.02. The molecule has 1 aliphatic carbocycles. The van der Waals surface area contributed by atoms with Gasteiger partial charge in [-0.15, -0.1) is 0 Å². The summed E-state index contributed by atoms with van der Waals surface area (Å²) in [6, 6.07) is 0.697. The molecule has 3 nitrogen and oxygen atoms in total. The number of nitrogens with one attached hydrogen (secondary N) is 1. The molecule has 1 amide bonds. The first kappa shape index (κ1) is 13.9. The Morgan fingerprint density at radius 3 is 2.47 bits per heavy atom. The van der Waals surface area contributed by atoms with Crippen molar-refractivity contribution in [3.05, 3.63) is 35.1 Å². The number of amides is 1. The Morgan fingerprint density at radius 2 is 1.89 bits per heavy atom. The molecule has 1 fully saturated rings. The van der Waals surface area contributed by atoms with E-state index in [1.54, 1.807) is 0 Å². The molecule has 104 valence electrons. The van der Waals surface area contributed by atoms with Gasteiger partial charge in [-0.25, -0.2) is 13.2 Å². The van der Waals surface area contributed by atoms with Crippen LogP contribution in [0.1, 0.15) is 29.6 Å². The molecular formula is C13H14F3NO2. The van der Waals surface area contributed by atoms with E-state index >= 15 is 0 Å². The summed E-state index contributed by atoms with van der Waals surface area (Å²) in [5.41, 5.74) is -0.761. The monoisotopic (exact) mass is 273 g/mol. The number of methoxy groups -OCH3 is 1. The Balaban J connectivity index is 2.16. The van der Waals surface area contributed by atoms with Gasteiger partial charge in [-0.05, 0) is 19.3 Å². The Kier molecular flexibility index (Phi) is 4.09. The fraction of sp³-hybridized carbons (Fsp3) is 0.462. The molecule has 0 aromatic heterocycles. The highest BCUT2D eigenvalue weighted by Crippen LogP contribution is 2.22. The van der Waals surface area contributed by atoms with Crippen molar-refractivity contribution < 1.29 is 22.7 Å². The maximum absolute atomic E-state index is 13.4. The van der Waals surface area contributed by atoms with Crippen LogP contribution < -0.4 is 5.32 Å². The highest BCUT2D eigenvalue weighted by atomic mass is 19.1. The lowest BCUT2D eigenvalue weighted by Gasteiger charge is -2.19. The lowest BCUT2D eigenvalue weighted by Crippen LogP contribution is -2.41. The minimum Gasteiger partial charge on any atom is -0.379 e. The van der Waals surface area contributed by atoms with Gasteiger partial charge in [-0.1, -0.05) is 0 Å². The van der Waals surface area contributed by atoms with Crippen LogP contribution in [0.4, 0.5) is 13.2 Å².